The van der Waals surface area contributed by atoms with Crippen LogP contribution in [0, 0.1) is 0 Å². The third kappa shape index (κ3) is 4.03. The van der Waals surface area contributed by atoms with Crippen molar-refractivity contribution in [2.24, 2.45) is 0 Å². The minimum absolute atomic E-state index is 0.135. The van der Waals surface area contributed by atoms with Crippen LogP contribution in [-0.4, -0.2) is 33.4 Å². The number of hydrogen-bond donors (Lipinski definition) is 0. The standard InChI is InChI=1S/C23H27N3O2/c1-25(18-10-4-2-5-11-18)23(27)16-26-21-15-9-8-14-20(21)24-22(26)17-28-19-12-6-3-7-13-19/h3,6-9,12-15,18H,2,4-5,10-11,16-17H2,1H3. The van der Waals surface area contributed by atoms with Gasteiger partial charge in [-0.15, -0.1) is 0 Å². The van der Waals surface area contributed by atoms with Crippen LogP contribution in [0.2, 0.25) is 0 Å². The van der Waals surface area contributed by atoms with Crippen LogP contribution < -0.4 is 4.74 Å². The van der Waals surface area contributed by atoms with Gasteiger partial charge in [0.1, 0.15) is 24.7 Å². The molecule has 5 heteroatoms. The molecule has 0 aliphatic heterocycles. The molecule has 0 radical (unpaired) electrons. The van der Waals surface area contributed by atoms with Crippen molar-refractivity contribution in [3.63, 3.8) is 0 Å². The number of benzene rings is 2. The Bertz CT molecular complexity index is 929. The lowest BCUT2D eigenvalue weighted by Gasteiger charge is -2.31. The lowest BCUT2D eigenvalue weighted by Crippen LogP contribution is -2.40. The third-order valence-corrected chi connectivity index (χ3v) is 5.65. The smallest absolute Gasteiger partial charge is 0.242 e. The van der Waals surface area contributed by atoms with Gasteiger partial charge in [0.25, 0.3) is 0 Å². The molecule has 1 amide bonds. The Kier molecular flexibility index (Phi) is 5.60. The van der Waals surface area contributed by atoms with Gasteiger partial charge in [0.2, 0.25) is 5.91 Å². The van der Waals surface area contributed by atoms with Gasteiger partial charge >= 0.3 is 0 Å². The van der Waals surface area contributed by atoms with E-state index >= 15 is 0 Å². The summed E-state index contributed by atoms with van der Waals surface area (Å²) in [5, 5.41) is 0. The lowest BCUT2D eigenvalue weighted by atomic mass is 9.94. The summed E-state index contributed by atoms with van der Waals surface area (Å²) in [6, 6.07) is 18.0. The second kappa shape index (κ2) is 8.46. The predicted octanol–water partition coefficient (Wildman–Crippen LogP) is 4.41. The molecule has 1 aliphatic carbocycles. The van der Waals surface area contributed by atoms with E-state index in [9.17, 15) is 4.79 Å². The number of fused-ring (bicyclic) bond motifs is 1. The Hall–Kier alpha value is -2.82. The molecular weight excluding hydrogens is 350 g/mol. The van der Waals surface area contributed by atoms with Gasteiger partial charge in [0.15, 0.2) is 0 Å². The zero-order valence-electron chi connectivity index (χ0n) is 16.4. The summed E-state index contributed by atoms with van der Waals surface area (Å²) in [5.74, 6) is 1.71. The van der Waals surface area contributed by atoms with Crippen LogP contribution in [0.25, 0.3) is 11.0 Å². The van der Waals surface area contributed by atoms with Crippen molar-refractivity contribution in [1.29, 1.82) is 0 Å². The second-order valence-electron chi connectivity index (χ2n) is 7.50. The summed E-state index contributed by atoms with van der Waals surface area (Å²) in [7, 11) is 1.94. The molecule has 28 heavy (non-hydrogen) atoms. The average Bonchev–Trinajstić information content (AvgIpc) is 3.10. The van der Waals surface area contributed by atoms with Crippen molar-refractivity contribution < 1.29 is 9.53 Å². The predicted molar refractivity (Wildman–Crippen MR) is 110 cm³/mol. The van der Waals surface area contributed by atoms with Crippen molar-refractivity contribution in [2.45, 2.75) is 51.3 Å². The van der Waals surface area contributed by atoms with E-state index in [1.165, 1.54) is 19.3 Å². The van der Waals surface area contributed by atoms with Gasteiger partial charge in [-0.05, 0) is 37.1 Å². The van der Waals surface area contributed by atoms with Crippen LogP contribution in [-0.2, 0) is 17.9 Å². The van der Waals surface area contributed by atoms with Gasteiger partial charge in [-0.2, -0.15) is 0 Å². The van der Waals surface area contributed by atoms with Crippen molar-refractivity contribution in [3.8, 4) is 5.75 Å². The molecule has 1 heterocycles. The summed E-state index contributed by atoms with van der Waals surface area (Å²) in [6.07, 6.45) is 5.93. The van der Waals surface area contributed by atoms with E-state index in [1.807, 2.05) is 71.1 Å². The fraction of sp³-hybridized carbons (Fsp3) is 0.391. The third-order valence-electron chi connectivity index (χ3n) is 5.65. The minimum Gasteiger partial charge on any atom is -0.486 e. The van der Waals surface area contributed by atoms with Crippen LogP contribution in [0.15, 0.2) is 54.6 Å². The number of rotatable bonds is 6. The molecule has 0 bridgehead atoms. The van der Waals surface area contributed by atoms with Crippen LogP contribution in [0.3, 0.4) is 0 Å². The van der Waals surface area contributed by atoms with E-state index in [1.54, 1.807) is 0 Å². The van der Waals surface area contributed by atoms with E-state index in [2.05, 4.69) is 0 Å². The highest BCUT2D eigenvalue weighted by Crippen LogP contribution is 2.23. The SMILES string of the molecule is CN(C(=O)Cn1c(COc2ccccc2)nc2ccccc21)C1CCCCC1. The molecule has 1 aliphatic rings. The summed E-state index contributed by atoms with van der Waals surface area (Å²) in [5.41, 5.74) is 1.86. The Balaban J connectivity index is 1.55. The Labute approximate surface area is 165 Å². The molecule has 0 N–H and O–H groups in total. The number of carbonyl (C=O) groups excluding carboxylic acids is 1. The molecular formula is C23H27N3O2. The number of para-hydroxylation sites is 3. The number of nitrogens with zero attached hydrogens (tertiary/aromatic N) is 3. The highest BCUT2D eigenvalue weighted by molar-refractivity contribution is 5.81. The van der Waals surface area contributed by atoms with Gasteiger partial charge in [-0.25, -0.2) is 4.98 Å². The topological polar surface area (TPSA) is 47.4 Å². The molecule has 0 unspecified atom stereocenters. The van der Waals surface area contributed by atoms with Crippen LogP contribution in [0.4, 0.5) is 0 Å². The normalized spacial score (nSPS) is 14.9. The second-order valence-corrected chi connectivity index (χ2v) is 7.50. The summed E-state index contributed by atoms with van der Waals surface area (Å²) >= 11 is 0. The van der Waals surface area contributed by atoms with Crippen molar-refractivity contribution in [1.82, 2.24) is 14.5 Å². The Morgan fingerprint density at radius 1 is 1.07 bits per heavy atom. The molecule has 2 aromatic carbocycles. The maximum absolute atomic E-state index is 13.0. The molecule has 4 rings (SSSR count). The largest absolute Gasteiger partial charge is 0.486 e. The van der Waals surface area contributed by atoms with Crippen LogP contribution in [0.5, 0.6) is 5.75 Å². The number of likely N-dealkylation sites (N-methyl/N-ethyl adjacent to an activating group) is 1. The Morgan fingerprint density at radius 2 is 1.79 bits per heavy atom. The monoisotopic (exact) mass is 377 g/mol. The lowest BCUT2D eigenvalue weighted by molar-refractivity contribution is -0.133. The first-order valence-electron chi connectivity index (χ1n) is 10.1. The number of amides is 1. The highest BCUT2D eigenvalue weighted by Gasteiger charge is 2.23. The number of aromatic nitrogens is 2. The zero-order chi connectivity index (χ0) is 19.3. The zero-order valence-corrected chi connectivity index (χ0v) is 16.4. The number of ether oxygens (including phenoxy) is 1. The quantitative estimate of drug-likeness (QED) is 0.639. The molecule has 3 aromatic rings. The van der Waals surface area contributed by atoms with Gasteiger partial charge in [-0.1, -0.05) is 49.6 Å². The maximum Gasteiger partial charge on any atom is 0.242 e. The minimum atomic E-state index is 0.135. The molecule has 0 atom stereocenters. The first-order valence-corrected chi connectivity index (χ1v) is 10.1. The first-order chi connectivity index (χ1) is 13.7. The van der Waals surface area contributed by atoms with Crippen LogP contribution >= 0.6 is 0 Å². The molecule has 0 saturated heterocycles. The summed E-state index contributed by atoms with van der Waals surface area (Å²) in [4.78, 5) is 19.7. The van der Waals surface area contributed by atoms with E-state index < -0.39 is 0 Å². The molecule has 1 fully saturated rings. The fourth-order valence-electron chi connectivity index (χ4n) is 4.00. The maximum atomic E-state index is 13.0. The molecule has 1 aromatic heterocycles. The number of carbonyl (C=O) groups is 1. The Morgan fingerprint density at radius 3 is 2.57 bits per heavy atom. The summed E-state index contributed by atoms with van der Waals surface area (Å²) < 4.78 is 7.91. The summed E-state index contributed by atoms with van der Waals surface area (Å²) in [6.45, 7) is 0.625. The van der Waals surface area contributed by atoms with Gasteiger partial charge in [0, 0.05) is 13.1 Å². The number of imidazole rings is 1. The molecule has 1 saturated carbocycles. The van der Waals surface area contributed by atoms with Crippen molar-refractivity contribution >= 4 is 16.9 Å². The van der Waals surface area contributed by atoms with E-state index in [0.717, 1.165) is 35.4 Å². The molecule has 0 spiro atoms. The average molecular weight is 377 g/mol. The van der Waals surface area contributed by atoms with Gasteiger partial charge in [-0.3, -0.25) is 4.79 Å². The highest BCUT2D eigenvalue weighted by atomic mass is 16.5. The fourth-order valence-corrected chi connectivity index (χ4v) is 4.00. The number of hydrogen-bond acceptors (Lipinski definition) is 3. The van der Waals surface area contributed by atoms with Crippen molar-refractivity contribution in [3.05, 3.63) is 60.4 Å². The van der Waals surface area contributed by atoms with E-state index in [-0.39, 0.29) is 5.91 Å². The molecule has 146 valence electrons. The molecule has 5 nitrogen and oxygen atoms in total. The first kappa shape index (κ1) is 18.5. The van der Waals surface area contributed by atoms with E-state index in [4.69, 9.17) is 9.72 Å². The van der Waals surface area contributed by atoms with E-state index in [0.29, 0.717) is 19.2 Å². The van der Waals surface area contributed by atoms with Crippen molar-refractivity contribution in [2.75, 3.05) is 7.05 Å². The van der Waals surface area contributed by atoms with Gasteiger partial charge < -0.3 is 14.2 Å². The van der Waals surface area contributed by atoms with Crippen LogP contribution in [0.1, 0.15) is 37.9 Å². The van der Waals surface area contributed by atoms with Gasteiger partial charge in [0.05, 0.1) is 11.0 Å².